The van der Waals surface area contributed by atoms with E-state index in [0.717, 1.165) is 19.4 Å². The monoisotopic (exact) mass is 218 g/mol. The molecule has 0 aliphatic heterocycles. The molecular weight excluding hydrogens is 196 g/mol. The Bertz CT molecular complexity index is 154. The van der Waals surface area contributed by atoms with Crippen molar-refractivity contribution in [2.45, 2.75) is 19.8 Å². The highest BCUT2D eigenvalue weighted by Gasteiger charge is 1.99. The van der Waals surface area contributed by atoms with Gasteiger partial charge in [-0.05, 0) is 12.8 Å². The second kappa shape index (κ2) is 11.4. The van der Waals surface area contributed by atoms with Crippen LogP contribution in [0.3, 0.4) is 0 Å². The molecule has 0 aliphatic rings. The topological polar surface area (TPSA) is 73.6 Å². The zero-order chi connectivity index (χ0) is 11.4. The van der Waals surface area contributed by atoms with E-state index in [-0.39, 0.29) is 12.5 Å². The molecule has 1 amide bonds. The van der Waals surface area contributed by atoms with Crippen molar-refractivity contribution >= 4 is 5.91 Å². The van der Waals surface area contributed by atoms with Crippen LogP contribution in [-0.2, 0) is 14.3 Å². The van der Waals surface area contributed by atoms with Crippen molar-refractivity contribution in [3.8, 4) is 0 Å². The molecule has 0 heterocycles. The Morgan fingerprint density at radius 3 is 2.73 bits per heavy atom. The van der Waals surface area contributed by atoms with Crippen LogP contribution in [0, 0.1) is 0 Å². The molecule has 0 aromatic rings. The van der Waals surface area contributed by atoms with Crippen LogP contribution in [0.4, 0.5) is 0 Å². The first-order valence-corrected chi connectivity index (χ1v) is 5.43. The Kier molecular flexibility index (Phi) is 10.9. The van der Waals surface area contributed by atoms with Gasteiger partial charge >= 0.3 is 0 Å². The first-order chi connectivity index (χ1) is 7.31. The lowest BCUT2D eigenvalue weighted by atomic mass is 10.4. The van der Waals surface area contributed by atoms with Gasteiger partial charge < -0.3 is 20.5 Å². The predicted molar refractivity (Wildman–Crippen MR) is 58.6 cm³/mol. The molecule has 0 fully saturated rings. The summed E-state index contributed by atoms with van der Waals surface area (Å²) in [4.78, 5) is 11.1. The van der Waals surface area contributed by atoms with Crippen LogP contribution >= 0.6 is 0 Å². The molecule has 0 aromatic heterocycles. The van der Waals surface area contributed by atoms with E-state index < -0.39 is 0 Å². The molecule has 0 aliphatic carbocycles. The summed E-state index contributed by atoms with van der Waals surface area (Å²) < 4.78 is 10.2. The van der Waals surface area contributed by atoms with Crippen molar-refractivity contribution in [2.24, 2.45) is 5.73 Å². The molecule has 0 unspecified atom stereocenters. The fourth-order valence-electron chi connectivity index (χ4n) is 0.948. The second-order valence-corrected chi connectivity index (χ2v) is 3.16. The van der Waals surface area contributed by atoms with Gasteiger partial charge in [0.25, 0.3) is 0 Å². The summed E-state index contributed by atoms with van der Waals surface area (Å²) in [7, 11) is 0. The van der Waals surface area contributed by atoms with Crippen LogP contribution in [0.1, 0.15) is 19.8 Å². The van der Waals surface area contributed by atoms with Crippen LogP contribution in [0.25, 0.3) is 0 Å². The van der Waals surface area contributed by atoms with Gasteiger partial charge in [-0.3, -0.25) is 4.79 Å². The van der Waals surface area contributed by atoms with Crippen molar-refractivity contribution in [3.05, 3.63) is 0 Å². The zero-order valence-corrected chi connectivity index (χ0v) is 9.46. The largest absolute Gasteiger partial charge is 0.381 e. The summed E-state index contributed by atoms with van der Waals surface area (Å²) in [5.41, 5.74) is 5.21. The lowest BCUT2D eigenvalue weighted by Crippen LogP contribution is -2.29. The standard InChI is InChI=1S/C10H22N2O3/c1-2-6-14-7-3-5-12-10(13)9-15-8-4-11/h2-9,11H2,1H3,(H,12,13). The minimum atomic E-state index is -0.0982. The van der Waals surface area contributed by atoms with Crippen LogP contribution in [-0.4, -0.2) is 45.4 Å². The highest BCUT2D eigenvalue weighted by molar-refractivity contribution is 5.77. The molecule has 0 aromatic carbocycles. The molecule has 15 heavy (non-hydrogen) atoms. The molecule has 0 bridgehead atoms. The maximum absolute atomic E-state index is 11.1. The summed E-state index contributed by atoms with van der Waals surface area (Å²) in [5.74, 6) is -0.0982. The van der Waals surface area contributed by atoms with Gasteiger partial charge in [-0.15, -0.1) is 0 Å². The Balaban J connectivity index is 3.10. The van der Waals surface area contributed by atoms with Crippen molar-refractivity contribution in [3.63, 3.8) is 0 Å². The van der Waals surface area contributed by atoms with E-state index in [2.05, 4.69) is 12.2 Å². The number of amides is 1. The zero-order valence-electron chi connectivity index (χ0n) is 9.46. The highest BCUT2D eigenvalue weighted by Crippen LogP contribution is 1.84. The minimum absolute atomic E-state index is 0.0903. The third-order valence-corrected chi connectivity index (χ3v) is 1.63. The van der Waals surface area contributed by atoms with Crippen LogP contribution in [0.5, 0.6) is 0 Å². The summed E-state index contributed by atoms with van der Waals surface area (Å²) in [5, 5.41) is 2.73. The summed E-state index contributed by atoms with van der Waals surface area (Å²) in [6.45, 7) is 5.13. The maximum Gasteiger partial charge on any atom is 0.245 e. The van der Waals surface area contributed by atoms with E-state index >= 15 is 0 Å². The molecule has 0 radical (unpaired) electrons. The van der Waals surface area contributed by atoms with Crippen LogP contribution < -0.4 is 11.1 Å². The first kappa shape index (κ1) is 14.3. The van der Waals surface area contributed by atoms with Gasteiger partial charge in [-0.25, -0.2) is 0 Å². The van der Waals surface area contributed by atoms with Crippen LogP contribution in [0.15, 0.2) is 0 Å². The quantitative estimate of drug-likeness (QED) is 0.502. The lowest BCUT2D eigenvalue weighted by molar-refractivity contribution is -0.125. The second-order valence-electron chi connectivity index (χ2n) is 3.16. The molecule has 3 N–H and O–H groups in total. The highest BCUT2D eigenvalue weighted by atomic mass is 16.5. The summed E-state index contributed by atoms with van der Waals surface area (Å²) in [6, 6.07) is 0. The number of nitrogens with two attached hydrogens (primary N) is 1. The molecule has 90 valence electrons. The lowest BCUT2D eigenvalue weighted by Gasteiger charge is -2.05. The minimum Gasteiger partial charge on any atom is -0.381 e. The fourth-order valence-corrected chi connectivity index (χ4v) is 0.948. The third kappa shape index (κ3) is 11.3. The Morgan fingerprint density at radius 1 is 1.27 bits per heavy atom. The smallest absolute Gasteiger partial charge is 0.245 e. The van der Waals surface area contributed by atoms with Gasteiger partial charge in [0.05, 0.1) is 6.61 Å². The van der Waals surface area contributed by atoms with E-state index in [4.69, 9.17) is 15.2 Å². The van der Waals surface area contributed by atoms with Crippen molar-refractivity contribution in [1.29, 1.82) is 0 Å². The van der Waals surface area contributed by atoms with E-state index in [1.807, 2.05) is 0 Å². The Hall–Kier alpha value is -0.650. The van der Waals surface area contributed by atoms with Crippen molar-refractivity contribution in [1.82, 2.24) is 5.32 Å². The van der Waals surface area contributed by atoms with E-state index in [1.54, 1.807) is 0 Å². The average molecular weight is 218 g/mol. The number of nitrogens with one attached hydrogen (secondary N) is 1. The van der Waals surface area contributed by atoms with Gasteiger partial charge in [-0.1, -0.05) is 6.92 Å². The SMILES string of the molecule is CCCOCCCNC(=O)COCCN. The van der Waals surface area contributed by atoms with Gasteiger partial charge in [-0.2, -0.15) is 0 Å². The number of carbonyl (C=O) groups is 1. The maximum atomic E-state index is 11.1. The van der Waals surface area contributed by atoms with Crippen molar-refractivity contribution in [2.75, 3.05) is 39.5 Å². The molecule has 5 heteroatoms. The number of hydrogen-bond acceptors (Lipinski definition) is 4. The van der Waals surface area contributed by atoms with Gasteiger partial charge in [0.15, 0.2) is 0 Å². The number of ether oxygens (including phenoxy) is 2. The molecule has 5 nitrogen and oxygen atoms in total. The molecule has 0 spiro atoms. The van der Waals surface area contributed by atoms with Gasteiger partial charge in [0.1, 0.15) is 6.61 Å². The molecule has 0 atom stereocenters. The first-order valence-electron chi connectivity index (χ1n) is 5.43. The van der Waals surface area contributed by atoms with Gasteiger partial charge in [0.2, 0.25) is 5.91 Å². The van der Waals surface area contributed by atoms with E-state index in [0.29, 0.717) is 26.3 Å². The molecular formula is C10H22N2O3. The van der Waals surface area contributed by atoms with Crippen molar-refractivity contribution < 1.29 is 14.3 Å². The molecule has 0 saturated heterocycles. The number of carbonyl (C=O) groups excluding carboxylic acids is 1. The number of hydrogen-bond donors (Lipinski definition) is 2. The van der Waals surface area contributed by atoms with E-state index in [1.165, 1.54) is 0 Å². The molecule has 0 saturated carbocycles. The average Bonchev–Trinajstić information content (AvgIpc) is 2.23. The Morgan fingerprint density at radius 2 is 2.07 bits per heavy atom. The summed E-state index contributed by atoms with van der Waals surface area (Å²) in [6.07, 6.45) is 1.86. The van der Waals surface area contributed by atoms with E-state index in [9.17, 15) is 4.79 Å². The Labute approximate surface area is 91.3 Å². The van der Waals surface area contributed by atoms with Crippen LogP contribution in [0.2, 0.25) is 0 Å². The predicted octanol–water partition coefficient (Wildman–Crippen LogP) is -0.105. The normalized spacial score (nSPS) is 10.3. The number of rotatable bonds is 10. The fraction of sp³-hybridized carbons (Fsp3) is 0.900. The summed E-state index contributed by atoms with van der Waals surface area (Å²) >= 11 is 0. The molecule has 0 rings (SSSR count). The third-order valence-electron chi connectivity index (χ3n) is 1.63. The van der Waals surface area contributed by atoms with Gasteiger partial charge in [0, 0.05) is 26.3 Å².